The van der Waals surface area contributed by atoms with Gasteiger partial charge in [0.1, 0.15) is 22.2 Å². The summed E-state index contributed by atoms with van der Waals surface area (Å²) < 4.78 is 0. The fraction of sp³-hybridized carbons (Fsp3) is 0.350. The van der Waals surface area contributed by atoms with Gasteiger partial charge in [-0.25, -0.2) is 4.79 Å². The van der Waals surface area contributed by atoms with Crippen molar-refractivity contribution in [2.24, 2.45) is 9.98 Å². The molecule has 6 nitrogen and oxygen atoms in total. The first kappa shape index (κ1) is 18.1. The molecule has 2 aromatic rings. The van der Waals surface area contributed by atoms with Crippen LogP contribution in [0.4, 0.5) is 4.79 Å². The Morgan fingerprint density at radius 2 is 1.58 bits per heavy atom. The molecule has 0 aliphatic carbocycles. The van der Waals surface area contributed by atoms with Crippen LogP contribution in [-0.2, 0) is 12.8 Å². The first-order valence-corrected chi connectivity index (χ1v) is 8.89. The van der Waals surface area contributed by atoms with E-state index in [0.29, 0.717) is 10.7 Å². The SMILES string of the molecule is CCCN(CCc1ccc(O)cc1)CCc1ccc(O)c2c1=NC(=O)N=2. The molecule has 0 radical (unpaired) electrons. The maximum atomic E-state index is 11.5. The Labute approximate surface area is 152 Å². The fourth-order valence-electron chi connectivity index (χ4n) is 3.14. The molecule has 2 N–H and O–H groups in total. The molecule has 0 unspecified atom stereocenters. The van der Waals surface area contributed by atoms with Crippen LogP contribution in [0.25, 0.3) is 0 Å². The number of urea groups is 1. The molecule has 6 heteroatoms. The summed E-state index contributed by atoms with van der Waals surface area (Å²) in [4.78, 5) is 21.5. The number of phenols is 2. The number of fused-ring (bicyclic) bond motifs is 1. The number of benzene rings is 2. The molecule has 0 atom stereocenters. The summed E-state index contributed by atoms with van der Waals surface area (Å²) in [6.07, 6.45) is 2.71. The standard InChI is InChI=1S/C20H23N3O3/c1-2-11-23(12-9-14-3-6-16(24)7-4-14)13-10-15-5-8-17(25)19-18(15)21-20(26)22-19/h3-8,24-25H,2,9-13H2,1H3. The maximum Gasteiger partial charge on any atom is 0.368 e. The quantitative estimate of drug-likeness (QED) is 0.760. The zero-order valence-electron chi connectivity index (χ0n) is 14.9. The van der Waals surface area contributed by atoms with Gasteiger partial charge in [0.25, 0.3) is 0 Å². The van der Waals surface area contributed by atoms with Crippen LogP contribution in [0, 0.1) is 0 Å². The van der Waals surface area contributed by atoms with Crippen molar-refractivity contribution < 1.29 is 15.0 Å². The average Bonchev–Trinajstić information content (AvgIpc) is 3.03. The Balaban J connectivity index is 1.66. The Morgan fingerprint density at radius 1 is 0.885 bits per heavy atom. The average molecular weight is 353 g/mol. The zero-order valence-corrected chi connectivity index (χ0v) is 14.9. The predicted octanol–water partition coefficient (Wildman–Crippen LogP) is 1.97. The molecule has 3 rings (SSSR count). The lowest BCUT2D eigenvalue weighted by molar-refractivity contribution is 0.256. The van der Waals surface area contributed by atoms with Gasteiger partial charge in [0.2, 0.25) is 0 Å². The molecule has 0 saturated carbocycles. The van der Waals surface area contributed by atoms with E-state index in [1.165, 1.54) is 5.56 Å². The van der Waals surface area contributed by atoms with E-state index < -0.39 is 6.03 Å². The summed E-state index contributed by atoms with van der Waals surface area (Å²) in [5.41, 5.74) is 2.12. The van der Waals surface area contributed by atoms with Crippen molar-refractivity contribution in [3.05, 3.63) is 58.2 Å². The third-order valence-electron chi connectivity index (χ3n) is 4.52. The molecule has 0 spiro atoms. The molecule has 0 bridgehead atoms. The molecule has 1 aliphatic rings. The van der Waals surface area contributed by atoms with Crippen LogP contribution in [0.3, 0.4) is 0 Å². The van der Waals surface area contributed by atoms with Gasteiger partial charge in [0.05, 0.1) is 0 Å². The molecule has 2 amide bonds. The van der Waals surface area contributed by atoms with E-state index in [0.717, 1.165) is 44.5 Å². The second kappa shape index (κ2) is 8.10. The summed E-state index contributed by atoms with van der Waals surface area (Å²) in [6.45, 7) is 4.89. The highest BCUT2D eigenvalue weighted by atomic mass is 16.3. The highest BCUT2D eigenvalue weighted by molar-refractivity contribution is 5.78. The summed E-state index contributed by atoms with van der Waals surface area (Å²) in [5, 5.41) is 20.0. The number of hydrogen-bond acceptors (Lipinski definition) is 4. The second-order valence-electron chi connectivity index (χ2n) is 6.46. The minimum atomic E-state index is -0.555. The molecule has 26 heavy (non-hydrogen) atoms. The van der Waals surface area contributed by atoms with Crippen molar-refractivity contribution in [3.8, 4) is 11.5 Å². The van der Waals surface area contributed by atoms with E-state index in [2.05, 4.69) is 21.8 Å². The van der Waals surface area contributed by atoms with E-state index in [4.69, 9.17) is 0 Å². The Bertz CT molecular complexity index is 907. The summed E-state index contributed by atoms with van der Waals surface area (Å²) in [5.74, 6) is 0.278. The molecule has 1 heterocycles. The van der Waals surface area contributed by atoms with Gasteiger partial charge in [-0.05, 0) is 55.1 Å². The summed E-state index contributed by atoms with van der Waals surface area (Å²) in [6, 6.07) is 10.1. The highest BCUT2D eigenvalue weighted by Crippen LogP contribution is 2.11. The number of phenolic OH excluding ortho intramolecular Hbond substituents is 2. The lowest BCUT2D eigenvalue weighted by atomic mass is 10.1. The van der Waals surface area contributed by atoms with Crippen molar-refractivity contribution >= 4 is 6.03 Å². The number of carbonyl (C=O) groups is 1. The lowest BCUT2D eigenvalue weighted by Gasteiger charge is -2.21. The van der Waals surface area contributed by atoms with E-state index in [9.17, 15) is 15.0 Å². The Morgan fingerprint density at radius 3 is 2.31 bits per heavy atom. The zero-order chi connectivity index (χ0) is 18.5. The van der Waals surface area contributed by atoms with Crippen molar-refractivity contribution in [3.63, 3.8) is 0 Å². The second-order valence-corrected chi connectivity index (χ2v) is 6.46. The van der Waals surface area contributed by atoms with Crippen molar-refractivity contribution in [1.29, 1.82) is 0 Å². The third kappa shape index (κ3) is 4.26. The first-order chi connectivity index (χ1) is 12.6. The van der Waals surface area contributed by atoms with Gasteiger partial charge >= 0.3 is 6.03 Å². The van der Waals surface area contributed by atoms with Crippen LogP contribution in [0.15, 0.2) is 46.4 Å². The van der Waals surface area contributed by atoms with Crippen LogP contribution in [-0.4, -0.2) is 40.8 Å². The molecule has 0 saturated heterocycles. The van der Waals surface area contributed by atoms with Gasteiger partial charge in [-0.3, -0.25) is 0 Å². The van der Waals surface area contributed by atoms with E-state index in [1.807, 2.05) is 18.2 Å². The van der Waals surface area contributed by atoms with Gasteiger partial charge in [-0.2, -0.15) is 9.98 Å². The summed E-state index contributed by atoms with van der Waals surface area (Å²) in [7, 11) is 0. The predicted molar refractivity (Wildman–Crippen MR) is 98.1 cm³/mol. The van der Waals surface area contributed by atoms with Crippen LogP contribution in [0.1, 0.15) is 24.5 Å². The Hall–Kier alpha value is -2.73. The molecule has 1 aliphatic heterocycles. The monoisotopic (exact) mass is 353 g/mol. The van der Waals surface area contributed by atoms with Crippen molar-refractivity contribution in [2.75, 3.05) is 19.6 Å². The minimum absolute atomic E-state index is 0.00362. The van der Waals surface area contributed by atoms with Crippen LogP contribution < -0.4 is 10.7 Å². The van der Waals surface area contributed by atoms with Gasteiger partial charge in [0.15, 0.2) is 0 Å². The third-order valence-corrected chi connectivity index (χ3v) is 4.52. The molecule has 136 valence electrons. The minimum Gasteiger partial charge on any atom is -0.508 e. The van der Waals surface area contributed by atoms with Gasteiger partial charge < -0.3 is 15.1 Å². The number of nitrogens with zero attached hydrogens (tertiary/aromatic N) is 3. The van der Waals surface area contributed by atoms with E-state index in [-0.39, 0.29) is 11.5 Å². The molecular formula is C20H23N3O3. The number of aromatic hydroxyl groups is 2. The normalized spacial score (nSPS) is 12.8. The van der Waals surface area contributed by atoms with Crippen molar-refractivity contribution in [1.82, 2.24) is 4.90 Å². The smallest absolute Gasteiger partial charge is 0.368 e. The Kier molecular flexibility index (Phi) is 5.63. The molecule has 0 aromatic heterocycles. The molecular weight excluding hydrogens is 330 g/mol. The largest absolute Gasteiger partial charge is 0.508 e. The highest BCUT2D eigenvalue weighted by Gasteiger charge is 2.13. The van der Waals surface area contributed by atoms with Crippen LogP contribution in [0.5, 0.6) is 11.5 Å². The maximum absolute atomic E-state index is 11.5. The number of rotatable bonds is 8. The topological polar surface area (TPSA) is 85.5 Å². The number of carbonyl (C=O) groups excluding carboxylic acids is 1. The van der Waals surface area contributed by atoms with E-state index >= 15 is 0 Å². The molecule has 2 aromatic carbocycles. The number of hydrogen-bond donors (Lipinski definition) is 2. The van der Waals surface area contributed by atoms with Gasteiger partial charge in [0, 0.05) is 13.1 Å². The van der Waals surface area contributed by atoms with Crippen LogP contribution >= 0.6 is 0 Å². The van der Waals surface area contributed by atoms with Gasteiger partial charge in [-0.15, -0.1) is 0 Å². The van der Waals surface area contributed by atoms with Crippen LogP contribution in [0.2, 0.25) is 0 Å². The fourth-order valence-corrected chi connectivity index (χ4v) is 3.14. The molecule has 0 fully saturated rings. The van der Waals surface area contributed by atoms with Gasteiger partial charge in [-0.1, -0.05) is 25.1 Å². The lowest BCUT2D eigenvalue weighted by Crippen LogP contribution is -2.32. The van der Waals surface area contributed by atoms with Crippen molar-refractivity contribution in [2.45, 2.75) is 26.2 Å². The van der Waals surface area contributed by atoms with E-state index in [1.54, 1.807) is 18.2 Å². The first-order valence-electron chi connectivity index (χ1n) is 8.89. The summed E-state index contributed by atoms with van der Waals surface area (Å²) >= 11 is 0. The number of amides is 2.